The number of pyridine rings is 1. The maximum absolute atomic E-state index is 9.37. The summed E-state index contributed by atoms with van der Waals surface area (Å²) in [5, 5.41) is 10.5. The number of hydrogen-bond acceptors (Lipinski definition) is 3. The molecule has 4 nitrogen and oxygen atoms in total. The molecule has 122 valence electrons. The third-order valence-electron chi connectivity index (χ3n) is 4.21. The number of rotatable bonds is 6. The molecule has 2 aromatic heterocycles. The smallest absolute Gasteiger partial charge is 0.143 e. The van der Waals surface area contributed by atoms with E-state index < -0.39 is 8.07 Å². The van der Waals surface area contributed by atoms with E-state index in [0.717, 1.165) is 46.6 Å². The van der Waals surface area contributed by atoms with Crippen LogP contribution in [0, 0.1) is 11.3 Å². The summed E-state index contributed by atoms with van der Waals surface area (Å²) in [6.45, 7) is 8.36. The van der Waals surface area contributed by atoms with Crippen molar-refractivity contribution in [3.05, 3.63) is 28.0 Å². The number of nitriles is 1. The molecule has 0 amide bonds. The molecule has 0 radical (unpaired) electrons. The zero-order chi connectivity index (χ0) is 16.6. The van der Waals surface area contributed by atoms with Crippen molar-refractivity contribution in [3.8, 4) is 6.07 Å². The van der Waals surface area contributed by atoms with E-state index >= 15 is 0 Å². The highest BCUT2D eigenvalue weighted by Gasteiger charge is 2.30. The largest absolute Gasteiger partial charge is 0.361 e. The molecule has 1 aliphatic rings. The van der Waals surface area contributed by atoms with Gasteiger partial charge in [-0.25, -0.2) is 4.98 Å². The standard InChI is InChI=1S/C17H22BrN3OSi/c1-23(2,3)7-6-22-11-21-10-14(18)16-15(12-4-5-12)13(8-19)9-20-17(16)21/h9-10,12H,4-7,11H2,1-3H3. The van der Waals surface area contributed by atoms with E-state index in [9.17, 15) is 5.26 Å². The Balaban J connectivity index is 1.86. The number of ether oxygens (including phenoxy) is 1. The lowest BCUT2D eigenvalue weighted by molar-refractivity contribution is 0.0898. The first kappa shape index (κ1) is 16.7. The van der Waals surface area contributed by atoms with Crippen LogP contribution in [-0.4, -0.2) is 24.2 Å². The Kier molecular flexibility index (Phi) is 4.63. The van der Waals surface area contributed by atoms with Crippen LogP contribution in [0.1, 0.15) is 29.9 Å². The highest BCUT2D eigenvalue weighted by atomic mass is 79.9. The molecule has 0 N–H and O–H groups in total. The zero-order valence-electron chi connectivity index (χ0n) is 13.9. The SMILES string of the molecule is C[Si](C)(C)CCOCn1cc(Br)c2c(C3CC3)c(C#N)cnc21. The van der Waals surface area contributed by atoms with Crippen molar-refractivity contribution < 1.29 is 4.74 Å². The Morgan fingerprint density at radius 3 is 2.78 bits per heavy atom. The summed E-state index contributed by atoms with van der Waals surface area (Å²) < 4.78 is 8.91. The van der Waals surface area contributed by atoms with E-state index in [0.29, 0.717) is 18.2 Å². The van der Waals surface area contributed by atoms with E-state index in [2.05, 4.69) is 46.6 Å². The minimum Gasteiger partial charge on any atom is -0.361 e. The van der Waals surface area contributed by atoms with Gasteiger partial charge in [-0.2, -0.15) is 5.26 Å². The highest BCUT2D eigenvalue weighted by Crippen LogP contribution is 2.46. The molecule has 0 bridgehead atoms. The predicted octanol–water partition coefficient (Wildman–Crippen LogP) is 4.86. The fraction of sp³-hybridized carbons (Fsp3) is 0.529. The summed E-state index contributed by atoms with van der Waals surface area (Å²) in [4.78, 5) is 4.51. The lowest BCUT2D eigenvalue weighted by Crippen LogP contribution is -2.22. The fourth-order valence-corrected chi connectivity index (χ4v) is 4.15. The Morgan fingerprint density at radius 1 is 1.43 bits per heavy atom. The van der Waals surface area contributed by atoms with Crippen molar-refractivity contribution in [1.82, 2.24) is 9.55 Å². The number of fused-ring (bicyclic) bond motifs is 1. The summed E-state index contributed by atoms with van der Waals surface area (Å²) in [6, 6.07) is 3.45. The van der Waals surface area contributed by atoms with Crippen molar-refractivity contribution in [3.63, 3.8) is 0 Å². The Morgan fingerprint density at radius 2 is 2.17 bits per heavy atom. The lowest BCUT2D eigenvalue weighted by atomic mass is 10.0. The zero-order valence-corrected chi connectivity index (χ0v) is 16.5. The van der Waals surface area contributed by atoms with Crippen LogP contribution in [-0.2, 0) is 11.5 Å². The van der Waals surface area contributed by atoms with E-state index in [-0.39, 0.29) is 0 Å². The summed E-state index contributed by atoms with van der Waals surface area (Å²) >= 11 is 3.65. The van der Waals surface area contributed by atoms with E-state index in [4.69, 9.17) is 4.74 Å². The first-order valence-electron chi connectivity index (χ1n) is 8.06. The number of aromatic nitrogens is 2. The van der Waals surface area contributed by atoms with Crippen molar-refractivity contribution in [1.29, 1.82) is 5.26 Å². The van der Waals surface area contributed by atoms with Gasteiger partial charge in [-0.1, -0.05) is 19.6 Å². The van der Waals surface area contributed by atoms with Crippen LogP contribution in [0.4, 0.5) is 0 Å². The maximum atomic E-state index is 9.37. The van der Waals surface area contributed by atoms with Gasteiger partial charge in [0, 0.05) is 36.9 Å². The average Bonchev–Trinajstić information content (AvgIpc) is 3.27. The minimum absolute atomic E-state index is 0.509. The van der Waals surface area contributed by atoms with Crippen molar-refractivity contribution in [2.45, 2.75) is 51.2 Å². The van der Waals surface area contributed by atoms with Gasteiger partial charge in [-0.3, -0.25) is 0 Å². The molecule has 1 aliphatic carbocycles. The summed E-state index contributed by atoms with van der Waals surface area (Å²) in [6.07, 6.45) is 6.07. The second-order valence-corrected chi connectivity index (χ2v) is 13.9. The Bertz CT molecular complexity index is 769. The van der Waals surface area contributed by atoms with E-state index in [1.165, 1.54) is 0 Å². The lowest BCUT2D eigenvalue weighted by Gasteiger charge is -2.15. The van der Waals surface area contributed by atoms with Crippen molar-refractivity contribution in [2.75, 3.05) is 6.61 Å². The van der Waals surface area contributed by atoms with Crippen LogP contribution in [0.3, 0.4) is 0 Å². The molecule has 3 rings (SSSR count). The summed E-state index contributed by atoms with van der Waals surface area (Å²) in [7, 11) is -1.07. The van der Waals surface area contributed by atoms with Crippen molar-refractivity contribution in [2.24, 2.45) is 0 Å². The second-order valence-electron chi connectivity index (χ2n) is 7.47. The second kappa shape index (κ2) is 6.38. The first-order chi connectivity index (χ1) is 10.9. The molecule has 1 saturated carbocycles. The van der Waals surface area contributed by atoms with E-state index in [1.54, 1.807) is 6.20 Å². The van der Waals surface area contributed by atoms with Gasteiger partial charge < -0.3 is 9.30 Å². The fourth-order valence-electron chi connectivity index (χ4n) is 2.76. The molecule has 1 fully saturated rings. The van der Waals surface area contributed by atoms with Crippen LogP contribution in [0.2, 0.25) is 25.7 Å². The molecule has 0 unspecified atom stereocenters. The predicted molar refractivity (Wildman–Crippen MR) is 98.2 cm³/mol. The third-order valence-corrected chi connectivity index (χ3v) is 6.52. The maximum Gasteiger partial charge on any atom is 0.143 e. The van der Waals surface area contributed by atoms with Crippen LogP contribution < -0.4 is 0 Å². The molecule has 0 aromatic carbocycles. The van der Waals surface area contributed by atoms with Crippen LogP contribution in [0.25, 0.3) is 11.0 Å². The van der Waals surface area contributed by atoms with Crippen LogP contribution >= 0.6 is 15.9 Å². The number of nitrogens with zero attached hydrogens (tertiary/aromatic N) is 3. The molecular weight excluding hydrogens is 370 g/mol. The van der Waals surface area contributed by atoms with Gasteiger partial charge >= 0.3 is 0 Å². The number of halogens is 1. The van der Waals surface area contributed by atoms with Crippen molar-refractivity contribution >= 4 is 35.0 Å². The molecule has 0 aliphatic heterocycles. The van der Waals surface area contributed by atoms with Gasteiger partial charge in [0.2, 0.25) is 0 Å². The normalized spacial score (nSPS) is 15.1. The highest BCUT2D eigenvalue weighted by molar-refractivity contribution is 9.10. The molecule has 6 heteroatoms. The van der Waals surface area contributed by atoms with Crippen LogP contribution in [0.15, 0.2) is 16.9 Å². The first-order valence-corrected chi connectivity index (χ1v) is 12.6. The number of hydrogen-bond donors (Lipinski definition) is 0. The molecule has 23 heavy (non-hydrogen) atoms. The van der Waals surface area contributed by atoms with Crippen LogP contribution in [0.5, 0.6) is 0 Å². The van der Waals surface area contributed by atoms with Gasteiger partial charge in [0.25, 0.3) is 0 Å². The van der Waals surface area contributed by atoms with Gasteiger partial charge in [-0.05, 0) is 46.3 Å². The van der Waals surface area contributed by atoms with Gasteiger partial charge in [0.15, 0.2) is 0 Å². The Hall–Kier alpha value is -1.16. The van der Waals surface area contributed by atoms with Gasteiger partial charge in [0.05, 0.1) is 5.56 Å². The molecule has 2 heterocycles. The average molecular weight is 392 g/mol. The molecule has 2 aromatic rings. The van der Waals surface area contributed by atoms with E-state index in [1.807, 2.05) is 10.8 Å². The molecule has 0 atom stereocenters. The third kappa shape index (κ3) is 3.68. The summed E-state index contributed by atoms with van der Waals surface area (Å²) in [5.74, 6) is 0.509. The monoisotopic (exact) mass is 391 g/mol. The molecule has 0 saturated heterocycles. The molecular formula is C17H22BrN3OSi. The van der Waals surface area contributed by atoms with Gasteiger partial charge in [0.1, 0.15) is 18.4 Å². The minimum atomic E-state index is -1.07. The summed E-state index contributed by atoms with van der Waals surface area (Å²) in [5.41, 5.74) is 2.77. The molecule has 0 spiro atoms. The quantitative estimate of drug-likeness (QED) is 0.521. The van der Waals surface area contributed by atoms with Gasteiger partial charge in [-0.15, -0.1) is 0 Å². The Labute approximate surface area is 146 Å². The topological polar surface area (TPSA) is 50.8 Å².